The Hall–Kier alpha value is -1.60. The molecule has 0 atom stereocenters. The number of halogens is 2. The third-order valence-corrected chi connectivity index (χ3v) is 3.28. The Balaban J connectivity index is 2.08. The Bertz CT molecular complexity index is 653. The highest BCUT2D eigenvalue weighted by Crippen LogP contribution is 2.22. The van der Waals surface area contributed by atoms with Crippen LogP contribution in [0, 0.1) is 0 Å². The maximum absolute atomic E-state index is 12.0. The molecular formula is C13H10Br2N2O3. The van der Waals surface area contributed by atoms with E-state index in [0.717, 1.165) is 4.47 Å². The summed E-state index contributed by atoms with van der Waals surface area (Å²) in [7, 11) is 1.50. The highest BCUT2D eigenvalue weighted by molar-refractivity contribution is 9.10. The van der Waals surface area contributed by atoms with Gasteiger partial charge in [0.2, 0.25) is 0 Å². The van der Waals surface area contributed by atoms with E-state index in [9.17, 15) is 4.79 Å². The molecule has 2 rings (SSSR count). The van der Waals surface area contributed by atoms with Crippen molar-refractivity contribution in [2.75, 3.05) is 7.11 Å². The first-order valence-electron chi connectivity index (χ1n) is 5.52. The second-order valence-corrected chi connectivity index (χ2v) is 5.38. The second-order valence-electron chi connectivity index (χ2n) is 3.69. The van der Waals surface area contributed by atoms with Crippen LogP contribution in [0.25, 0.3) is 0 Å². The minimum Gasteiger partial charge on any atom is -0.496 e. The van der Waals surface area contributed by atoms with Crippen LogP contribution in [0.4, 0.5) is 0 Å². The largest absolute Gasteiger partial charge is 0.496 e. The number of ether oxygens (including phenoxy) is 1. The Labute approximate surface area is 132 Å². The molecule has 1 aromatic heterocycles. The van der Waals surface area contributed by atoms with Crippen molar-refractivity contribution in [3.8, 4) is 5.75 Å². The molecule has 1 N–H and O–H groups in total. The standard InChI is InChI=1S/C13H10Br2N2O3/c1-19-11-4-2-8(14)6-10(11)13(18)17-16-7-9-3-5-12(15)20-9/h2-7H,1H3,(H,17,18)/b16-7-. The summed E-state index contributed by atoms with van der Waals surface area (Å²) in [5, 5.41) is 3.83. The van der Waals surface area contributed by atoms with Gasteiger partial charge in [-0.2, -0.15) is 5.10 Å². The molecule has 5 nitrogen and oxygen atoms in total. The summed E-state index contributed by atoms with van der Waals surface area (Å²) in [5.74, 6) is 0.630. The van der Waals surface area contributed by atoms with E-state index in [1.807, 2.05) is 0 Å². The van der Waals surface area contributed by atoms with Gasteiger partial charge in [0, 0.05) is 4.47 Å². The van der Waals surface area contributed by atoms with Crippen LogP contribution in [0.15, 0.2) is 49.0 Å². The predicted octanol–water partition coefficient (Wildman–Crippen LogP) is 3.58. The minimum absolute atomic E-state index is 0.370. The average Bonchev–Trinajstić information content (AvgIpc) is 2.84. The molecule has 104 valence electrons. The molecule has 0 unspecified atom stereocenters. The van der Waals surface area contributed by atoms with Gasteiger partial charge in [0.1, 0.15) is 11.5 Å². The molecule has 1 amide bonds. The van der Waals surface area contributed by atoms with Crippen LogP contribution >= 0.6 is 31.9 Å². The van der Waals surface area contributed by atoms with Crippen LogP contribution in [0.3, 0.4) is 0 Å². The SMILES string of the molecule is COc1ccc(Br)cc1C(=O)N/N=C\c1ccc(Br)o1. The van der Waals surface area contributed by atoms with Gasteiger partial charge in [-0.15, -0.1) is 0 Å². The number of furan rings is 1. The number of methoxy groups -OCH3 is 1. The molecule has 2 aromatic rings. The average molecular weight is 402 g/mol. The lowest BCUT2D eigenvalue weighted by atomic mass is 10.2. The van der Waals surface area contributed by atoms with E-state index in [0.29, 0.717) is 21.7 Å². The molecule has 0 aliphatic heterocycles. The summed E-state index contributed by atoms with van der Waals surface area (Å²) in [6, 6.07) is 8.61. The number of nitrogens with zero attached hydrogens (tertiary/aromatic N) is 1. The summed E-state index contributed by atoms with van der Waals surface area (Å²) in [5.41, 5.74) is 2.80. The van der Waals surface area contributed by atoms with Crippen LogP contribution in [0.2, 0.25) is 0 Å². The van der Waals surface area contributed by atoms with E-state index in [1.165, 1.54) is 13.3 Å². The lowest BCUT2D eigenvalue weighted by Gasteiger charge is -2.07. The summed E-state index contributed by atoms with van der Waals surface area (Å²) < 4.78 is 11.7. The number of carbonyl (C=O) groups excluding carboxylic acids is 1. The van der Waals surface area contributed by atoms with Gasteiger partial charge in [0.05, 0.1) is 18.9 Å². The fraction of sp³-hybridized carbons (Fsp3) is 0.0769. The van der Waals surface area contributed by atoms with Crippen molar-refractivity contribution in [2.45, 2.75) is 0 Å². The molecule has 1 heterocycles. The van der Waals surface area contributed by atoms with Crippen molar-refractivity contribution < 1.29 is 13.9 Å². The lowest BCUT2D eigenvalue weighted by Crippen LogP contribution is -2.18. The summed E-state index contributed by atoms with van der Waals surface area (Å²) >= 11 is 6.49. The van der Waals surface area contributed by atoms with E-state index < -0.39 is 0 Å². The number of benzene rings is 1. The number of nitrogens with one attached hydrogen (secondary N) is 1. The number of hydrazone groups is 1. The fourth-order valence-corrected chi connectivity index (χ4v) is 2.15. The highest BCUT2D eigenvalue weighted by atomic mass is 79.9. The van der Waals surface area contributed by atoms with Crippen LogP contribution in [-0.2, 0) is 0 Å². The number of amides is 1. The first-order chi connectivity index (χ1) is 9.60. The van der Waals surface area contributed by atoms with E-state index in [-0.39, 0.29) is 5.91 Å². The Morgan fingerprint density at radius 2 is 2.15 bits per heavy atom. The van der Waals surface area contributed by atoms with Crippen molar-refractivity contribution in [3.63, 3.8) is 0 Å². The first-order valence-corrected chi connectivity index (χ1v) is 7.11. The zero-order valence-corrected chi connectivity index (χ0v) is 13.6. The normalized spacial score (nSPS) is 10.8. The third kappa shape index (κ3) is 3.71. The lowest BCUT2D eigenvalue weighted by molar-refractivity contribution is 0.0952. The number of hydrogen-bond donors (Lipinski definition) is 1. The quantitative estimate of drug-likeness (QED) is 0.629. The molecule has 7 heteroatoms. The molecule has 0 fully saturated rings. The van der Waals surface area contributed by atoms with Gasteiger partial charge in [-0.25, -0.2) is 5.43 Å². The summed E-state index contributed by atoms with van der Waals surface area (Å²) in [6.07, 6.45) is 1.41. The smallest absolute Gasteiger partial charge is 0.275 e. The van der Waals surface area contributed by atoms with E-state index in [1.54, 1.807) is 30.3 Å². The van der Waals surface area contributed by atoms with Gasteiger partial charge in [-0.3, -0.25) is 4.79 Å². The fourth-order valence-electron chi connectivity index (χ4n) is 1.47. The van der Waals surface area contributed by atoms with Crippen molar-refractivity contribution >= 4 is 44.0 Å². The zero-order chi connectivity index (χ0) is 14.5. The van der Waals surface area contributed by atoms with Crippen molar-refractivity contribution in [3.05, 3.63) is 50.8 Å². The van der Waals surface area contributed by atoms with Crippen molar-refractivity contribution in [2.24, 2.45) is 5.10 Å². The Morgan fingerprint density at radius 1 is 1.35 bits per heavy atom. The van der Waals surface area contributed by atoms with Crippen molar-refractivity contribution in [1.82, 2.24) is 5.43 Å². The van der Waals surface area contributed by atoms with Crippen LogP contribution < -0.4 is 10.2 Å². The van der Waals surface area contributed by atoms with Gasteiger partial charge < -0.3 is 9.15 Å². The number of rotatable bonds is 4. The summed E-state index contributed by atoms with van der Waals surface area (Å²) in [6.45, 7) is 0. The maximum atomic E-state index is 12.0. The summed E-state index contributed by atoms with van der Waals surface area (Å²) in [4.78, 5) is 12.0. The second kappa shape index (κ2) is 6.71. The molecule has 20 heavy (non-hydrogen) atoms. The highest BCUT2D eigenvalue weighted by Gasteiger charge is 2.11. The number of hydrogen-bond acceptors (Lipinski definition) is 4. The predicted molar refractivity (Wildman–Crippen MR) is 82.2 cm³/mol. The molecule has 0 aliphatic rings. The molecule has 0 saturated carbocycles. The monoisotopic (exact) mass is 400 g/mol. The topological polar surface area (TPSA) is 63.8 Å². The first kappa shape index (κ1) is 14.8. The molecular weight excluding hydrogens is 392 g/mol. The van der Waals surface area contributed by atoms with Gasteiger partial charge in [0.15, 0.2) is 4.67 Å². The van der Waals surface area contributed by atoms with E-state index in [2.05, 4.69) is 42.4 Å². The minimum atomic E-state index is -0.370. The Kier molecular flexibility index (Phi) is 4.97. The van der Waals surface area contributed by atoms with Crippen molar-refractivity contribution in [1.29, 1.82) is 0 Å². The maximum Gasteiger partial charge on any atom is 0.275 e. The molecule has 0 bridgehead atoms. The van der Waals surface area contributed by atoms with E-state index in [4.69, 9.17) is 9.15 Å². The molecule has 0 spiro atoms. The Morgan fingerprint density at radius 3 is 2.80 bits per heavy atom. The van der Waals surface area contributed by atoms with Crippen LogP contribution in [0.5, 0.6) is 5.75 Å². The van der Waals surface area contributed by atoms with Gasteiger partial charge in [-0.1, -0.05) is 15.9 Å². The van der Waals surface area contributed by atoms with Gasteiger partial charge >= 0.3 is 0 Å². The molecule has 0 aliphatic carbocycles. The van der Waals surface area contributed by atoms with E-state index >= 15 is 0 Å². The number of carbonyl (C=O) groups is 1. The van der Waals surface area contributed by atoms with Gasteiger partial charge in [0.25, 0.3) is 5.91 Å². The van der Waals surface area contributed by atoms with Crippen LogP contribution in [-0.4, -0.2) is 19.2 Å². The molecule has 0 radical (unpaired) electrons. The zero-order valence-electron chi connectivity index (χ0n) is 10.4. The molecule has 1 aromatic carbocycles. The third-order valence-electron chi connectivity index (χ3n) is 2.36. The van der Waals surface area contributed by atoms with Gasteiger partial charge in [-0.05, 0) is 46.3 Å². The van der Waals surface area contributed by atoms with Crippen LogP contribution in [0.1, 0.15) is 16.1 Å². The molecule has 0 saturated heterocycles.